The Labute approximate surface area is 68.6 Å². The van der Waals surface area contributed by atoms with Gasteiger partial charge >= 0.3 is 0 Å². The molecule has 0 unspecified atom stereocenters. The molecule has 4 N–H and O–H groups in total. The quantitative estimate of drug-likeness (QED) is 0.354. The van der Waals surface area contributed by atoms with E-state index in [0.717, 1.165) is 6.08 Å². The molecular formula is C7H10O5. The zero-order chi connectivity index (χ0) is 9.30. The Kier molecular flexibility index (Phi) is 2.58. The van der Waals surface area contributed by atoms with Gasteiger partial charge < -0.3 is 20.4 Å². The van der Waals surface area contributed by atoms with E-state index in [-0.39, 0.29) is 5.57 Å². The highest BCUT2D eigenvalue weighted by molar-refractivity contribution is 5.95. The van der Waals surface area contributed by atoms with E-state index in [9.17, 15) is 4.79 Å². The van der Waals surface area contributed by atoms with Gasteiger partial charge in [-0.1, -0.05) is 0 Å². The van der Waals surface area contributed by atoms with Gasteiger partial charge in [-0.3, -0.25) is 4.79 Å². The first kappa shape index (κ1) is 9.34. The predicted molar refractivity (Wildman–Crippen MR) is 38.2 cm³/mol. The summed E-state index contributed by atoms with van der Waals surface area (Å²) in [4.78, 5) is 10.8. The van der Waals surface area contributed by atoms with Crippen molar-refractivity contribution in [2.75, 3.05) is 6.61 Å². The van der Waals surface area contributed by atoms with Gasteiger partial charge in [-0.25, -0.2) is 0 Å². The highest BCUT2D eigenvalue weighted by atomic mass is 16.4. The zero-order valence-corrected chi connectivity index (χ0v) is 6.21. The van der Waals surface area contributed by atoms with Crippen LogP contribution >= 0.6 is 0 Å². The minimum Gasteiger partial charge on any atom is -0.392 e. The molecule has 0 spiro atoms. The molecule has 0 saturated carbocycles. The van der Waals surface area contributed by atoms with E-state index < -0.39 is 30.7 Å². The van der Waals surface area contributed by atoms with E-state index in [1.165, 1.54) is 0 Å². The lowest BCUT2D eigenvalue weighted by atomic mass is 9.91. The Bertz CT molecular complexity index is 222. The fourth-order valence-electron chi connectivity index (χ4n) is 1.05. The third-order valence-corrected chi connectivity index (χ3v) is 1.83. The van der Waals surface area contributed by atoms with Crippen LogP contribution in [0.25, 0.3) is 0 Å². The molecule has 0 aromatic heterocycles. The Balaban J connectivity index is 2.91. The predicted octanol–water partition coefficient (Wildman–Crippen LogP) is -2.43. The van der Waals surface area contributed by atoms with Crippen molar-refractivity contribution in [1.29, 1.82) is 0 Å². The van der Waals surface area contributed by atoms with Crippen LogP contribution in [-0.2, 0) is 4.79 Å². The van der Waals surface area contributed by atoms with Gasteiger partial charge in [0.05, 0.1) is 6.61 Å². The van der Waals surface area contributed by atoms with Crippen LogP contribution in [0.1, 0.15) is 0 Å². The molecule has 0 bridgehead atoms. The minimum absolute atomic E-state index is 0.0257. The lowest BCUT2D eigenvalue weighted by Gasteiger charge is -2.26. The first-order valence-electron chi connectivity index (χ1n) is 3.47. The summed E-state index contributed by atoms with van der Waals surface area (Å²) in [5.41, 5.74) is 0.0257. The molecular weight excluding hydrogens is 164 g/mol. The summed E-state index contributed by atoms with van der Waals surface area (Å²) < 4.78 is 0. The number of hydrogen-bond acceptors (Lipinski definition) is 5. The number of carbonyl (C=O) groups excluding carboxylic acids is 1. The van der Waals surface area contributed by atoms with E-state index in [1.807, 2.05) is 0 Å². The van der Waals surface area contributed by atoms with Crippen molar-refractivity contribution in [1.82, 2.24) is 0 Å². The molecule has 0 heterocycles. The SMILES string of the molecule is O=C1C=C(CO)[C@@H](O)[C@H](O)[C@@H]1O. The third-order valence-electron chi connectivity index (χ3n) is 1.83. The van der Waals surface area contributed by atoms with Gasteiger partial charge in [0.1, 0.15) is 18.3 Å². The van der Waals surface area contributed by atoms with Gasteiger partial charge in [0.25, 0.3) is 0 Å². The van der Waals surface area contributed by atoms with E-state index >= 15 is 0 Å². The Morgan fingerprint density at radius 3 is 2.33 bits per heavy atom. The topological polar surface area (TPSA) is 98.0 Å². The van der Waals surface area contributed by atoms with Gasteiger partial charge in [-0.2, -0.15) is 0 Å². The summed E-state index contributed by atoms with van der Waals surface area (Å²) in [7, 11) is 0. The van der Waals surface area contributed by atoms with Crippen molar-refractivity contribution in [3.63, 3.8) is 0 Å². The van der Waals surface area contributed by atoms with Gasteiger partial charge in [0.15, 0.2) is 5.78 Å². The molecule has 0 saturated heterocycles. The molecule has 12 heavy (non-hydrogen) atoms. The number of aliphatic hydroxyl groups is 4. The average Bonchev–Trinajstić information content (AvgIpc) is 2.08. The summed E-state index contributed by atoms with van der Waals surface area (Å²) in [5, 5.41) is 35.7. The summed E-state index contributed by atoms with van der Waals surface area (Å²) in [5.74, 6) is -0.697. The lowest BCUT2D eigenvalue weighted by molar-refractivity contribution is -0.134. The standard InChI is InChI=1S/C7H10O5/c8-2-3-1-4(9)6(11)7(12)5(3)10/h1,5-8,10-12H,2H2/t5-,6-,7+/m1/s1. The van der Waals surface area contributed by atoms with Crippen LogP contribution in [0.3, 0.4) is 0 Å². The second kappa shape index (κ2) is 3.32. The summed E-state index contributed by atoms with van der Waals surface area (Å²) in [6, 6.07) is 0. The van der Waals surface area contributed by atoms with E-state index in [4.69, 9.17) is 20.4 Å². The van der Waals surface area contributed by atoms with Gasteiger partial charge in [0, 0.05) is 0 Å². The van der Waals surface area contributed by atoms with Crippen molar-refractivity contribution in [2.45, 2.75) is 18.3 Å². The zero-order valence-electron chi connectivity index (χ0n) is 6.21. The van der Waals surface area contributed by atoms with Crippen molar-refractivity contribution < 1.29 is 25.2 Å². The molecule has 68 valence electrons. The van der Waals surface area contributed by atoms with E-state index in [0.29, 0.717) is 0 Å². The smallest absolute Gasteiger partial charge is 0.187 e. The van der Waals surface area contributed by atoms with Crippen LogP contribution in [0.15, 0.2) is 11.6 Å². The van der Waals surface area contributed by atoms with Gasteiger partial charge in [0.2, 0.25) is 0 Å². The summed E-state index contributed by atoms with van der Waals surface area (Å²) in [6.45, 7) is -0.503. The lowest BCUT2D eigenvalue weighted by Crippen LogP contribution is -2.46. The van der Waals surface area contributed by atoms with Crippen molar-refractivity contribution >= 4 is 5.78 Å². The fraction of sp³-hybridized carbons (Fsp3) is 0.571. The van der Waals surface area contributed by atoms with Gasteiger partial charge in [-0.15, -0.1) is 0 Å². The van der Waals surface area contributed by atoms with Crippen molar-refractivity contribution in [2.24, 2.45) is 0 Å². The van der Waals surface area contributed by atoms with Crippen molar-refractivity contribution in [3.8, 4) is 0 Å². The number of aliphatic hydroxyl groups excluding tert-OH is 4. The molecule has 0 fully saturated rings. The molecule has 5 heteroatoms. The first-order chi connectivity index (χ1) is 5.57. The Morgan fingerprint density at radius 2 is 1.83 bits per heavy atom. The fourth-order valence-corrected chi connectivity index (χ4v) is 1.05. The Morgan fingerprint density at radius 1 is 1.25 bits per heavy atom. The highest BCUT2D eigenvalue weighted by Crippen LogP contribution is 2.16. The number of carbonyl (C=O) groups is 1. The maximum atomic E-state index is 10.8. The largest absolute Gasteiger partial charge is 0.392 e. The summed E-state index contributed by atoms with van der Waals surface area (Å²) >= 11 is 0. The van der Waals surface area contributed by atoms with Crippen LogP contribution in [0.4, 0.5) is 0 Å². The highest BCUT2D eigenvalue weighted by Gasteiger charge is 2.35. The molecule has 0 amide bonds. The first-order valence-corrected chi connectivity index (χ1v) is 3.47. The molecule has 0 aromatic rings. The number of ketones is 1. The third kappa shape index (κ3) is 1.39. The molecule has 1 rings (SSSR count). The molecule has 0 radical (unpaired) electrons. The average molecular weight is 174 g/mol. The summed E-state index contributed by atoms with van der Waals surface area (Å²) in [6.07, 6.45) is -3.54. The monoisotopic (exact) mass is 174 g/mol. The normalized spacial score (nSPS) is 36.5. The van der Waals surface area contributed by atoms with Crippen LogP contribution in [-0.4, -0.2) is 51.1 Å². The molecule has 1 aliphatic carbocycles. The maximum absolute atomic E-state index is 10.8. The molecule has 1 aliphatic rings. The second-order valence-electron chi connectivity index (χ2n) is 2.66. The van der Waals surface area contributed by atoms with Crippen LogP contribution in [0.2, 0.25) is 0 Å². The maximum Gasteiger partial charge on any atom is 0.187 e. The molecule has 0 aliphatic heterocycles. The number of hydrogen-bond donors (Lipinski definition) is 4. The number of rotatable bonds is 1. The van der Waals surface area contributed by atoms with Crippen LogP contribution < -0.4 is 0 Å². The van der Waals surface area contributed by atoms with Crippen molar-refractivity contribution in [3.05, 3.63) is 11.6 Å². The van der Waals surface area contributed by atoms with Crippen LogP contribution in [0, 0.1) is 0 Å². The van der Waals surface area contributed by atoms with E-state index in [1.54, 1.807) is 0 Å². The van der Waals surface area contributed by atoms with Gasteiger partial charge in [-0.05, 0) is 11.6 Å². The molecule has 0 aromatic carbocycles. The Hall–Kier alpha value is -0.750. The minimum atomic E-state index is -1.59. The van der Waals surface area contributed by atoms with E-state index in [2.05, 4.69) is 0 Å². The van der Waals surface area contributed by atoms with Crippen LogP contribution in [0.5, 0.6) is 0 Å². The second-order valence-corrected chi connectivity index (χ2v) is 2.66. The molecule has 3 atom stereocenters. The molecule has 5 nitrogen and oxygen atoms in total.